The van der Waals surface area contributed by atoms with Crippen LogP contribution in [0.15, 0.2) is 29.2 Å². The van der Waals surface area contributed by atoms with E-state index in [9.17, 15) is 18.0 Å². The van der Waals surface area contributed by atoms with Gasteiger partial charge in [0.2, 0.25) is 0 Å². The number of carbonyl (C=O) groups is 1. The second-order valence-corrected chi connectivity index (χ2v) is 12.8. The first-order valence-corrected chi connectivity index (χ1v) is 13.1. The van der Waals surface area contributed by atoms with Crippen LogP contribution >= 0.6 is 0 Å². The minimum Gasteiger partial charge on any atom is -0.495 e. The molecule has 0 spiro atoms. The Balaban J connectivity index is 1.99. The van der Waals surface area contributed by atoms with Gasteiger partial charge in [0.1, 0.15) is 10.5 Å². The van der Waals surface area contributed by atoms with E-state index in [4.69, 9.17) is 4.74 Å². The monoisotopic (exact) mass is 482 g/mol. The van der Waals surface area contributed by atoms with Gasteiger partial charge in [0, 0.05) is 24.1 Å². The second kappa shape index (κ2) is 7.74. The number of hydrogen-bond donors (Lipinski definition) is 0. The maximum absolute atomic E-state index is 12.8. The summed E-state index contributed by atoms with van der Waals surface area (Å²) in [4.78, 5) is 24.9. The van der Waals surface area contributed by atoms with Crippen molar-refractivity contribution < 1.29 is 17.9 Å². The molecule has 0 N–H and O–H groups in total. The molecule has 1 fully saturated rings. The Morgan fingerprint density at radius 2 is 1.91 bits per heavy atom. The van der Waals surface area contributed by atoms with Crippen LogP contribution in [0.5, 0.6) is 5.75 Å². The zero-order valence-corrected chi connectivity index (χ0v) is 21.5. The van der Waals surface area contributed by atoms with Crippen LogP contribution in [0, 0.1) is 11.8 Å². The molecule has 7 nitrogen and oxygen atoms in total. The molecule has 8 heteroatoms. The number of methoxy groups -OCH3 is 1. The van der Waals surface area contributed by atoms with E-state index in [1.54, 1.807) is 20.0 Å². The van der Waals surface area contributed by atoms with Crippen molar-refractivity contribution in [2.75, 3.05) is 18.4 Å². The molecule has 0 unspecified atom stereocenters. The van der Waals surface area contributed by atoms with E-state index in [0.29, 0.717) is 17.0 Å². The zero-order chi connectivity index (χ0) is 25.2. The number of sulfone groups is 1. The van der Waals surface area contributed by atoms with Crippen molar-refractivity contribution in [1.29, 1.82) is 0 Å². The van der Waals surface area contributed by atoms with Crippen molar-refractivity contribution in [2.24, 2.45) is 0 Å². The summed E-state index contributed by atoms with van der Waals surface area (Å²) >= 11 is 0. The third-order valence-corrected chi connectivity index (χ3v) is 8.98. The average molecular weight is 483 g/mol. The normalized spacial score (nSPS) is 18.3. The number of hydrogen-bond acceptors (Lipinski definition) is 6. The fourth-order valence-corrected chi connectivity index (χ4v) is 4.95. The van der Waals surface area contributed by atoms with Crippen molar-refractivity contribution >= 4 is 15.6 Å². The molecule has 34 heavy (non-hydrogen) atoms. The quantitative estimate of drug-likeness (QED) is 0.492. The van der Waals surface area contributed by atoms with E-state index in [0.717, 1.165) is 24.0 Å². The van der Waals surface area contributed by atoms with E-state index in [2.05, 4.69) is 30.7 Å². The molecule has 0 bridgehead atoms. The molecule has 2 aliphatic heterocycles. The van der Waals surface area contributed by atoms with E-state index in [-0.39, 0.29) is 28.4 Å². The SMILES string of the molecule is COc1cc2c(cc1C#CC(C)(C)S(C)(=O)=O)[C@H]1CCC(C)(C)N1n1cc(C(C)=O)c(=O)cc1-2. The van der Waals surface area contributed by atoms with E-state index < -0.39 is 14.6 Å². The highest BCUT2D eigenvalue weighted by atomic mass is 32.2. The Kier molecular flexibility index (Phi) is 5.48. The van der Waals surface area contributed by atoms with Crippen LogP contribution in [-0.2, 0) is 9.84 Å². The first-order valence-electron chi connectivity index (χ1n) is 11.2. The van der Waals surface area contributed by atoms with Crippen molar-refractivity contribution in [2.45, 2.75) is 63.8 Å². The molecule has 0 amide bonds. The number of nitrogens with zero attached hydrogens (tertiary/aromatic N) is 2. The summed E-state index contributed by atoms with van der Waals surface area (Å²) in [6, 6.07) is 5.33. The Morgan fingerprint density at radius 1 is 1.24 bits per heavy atom. The lowest BCUT2D eigenvalue weighted by Crippen LogP contribution is -2.50. The molecule has 3 heterocycles. The van der Waals surface area contributed by atoms with Crippen molar-refractivity contribution in [3.63, 3.8) is 0 Å². The number of Topliss-reactive ketones (excluding diaryl/α,β-unsaturated/α-hetero) is 1. The minimum absolute atomic E-state index is 0.00850. The first kappa shape index (κ1) is 24.1. The number of benzene rings is 1. The number of pyridine rings is 1. The fourth-order valence-electron chi connectivity index (χ4n) is 4.72. The topological polar surface area (TPSA) is 85.7 Å². The zero-order valence-electron chi connectivity index (χ0n) is 20.6. The molecule has 1 saturated heterocycles. The van der Waals surface area contributed by atoms with Crippen LogP contribution < -0.4 is 15.2 Å². The highest BCUT2D eigenvalue weighted by molar-refractivity contribution is 7.92. The van der Waals surface area contributed by atoms with Gasteiger partial charge in [-0.15, -0.1) is 0 Å². The van der Waals surface area contributed by atoms with E-state index >= 15 is 0 Å². The number of ether oxygens (including phenoxy) is 1. The van der Waals surface area contributed by atoms with Crippen molar-refractivity contribution in [3.05, 3.63) is 51.3 Å². The number of fused-ring (bicyclic) bond motifs is 6. The molecule has 4 rings (SSSR count). The minimum atomic E-state index is -3.38. The van der Waals surface area contributed by atoms with Gasteiger partial charge in [-0.3, -0.25) is 19.3 Å². The Bertz CT molecular complexity index is 1440. The maximum Gasteiger partial charge on any atom is 0.193 e. The van der Waals surface area contributed by atoms with Gasteiger partial charge < -0.3 is 4.74 Å². The molecule has 0 saturated carbocycles. The average Bonchev–Trinajstić information content (AvgIpc) is 3.05. The summed E-state index contributed by atoms with van der Waals surface area (Å²) in [5.74, 6) is 6.16. The standard InChI is InChI=1S/C26H30N2O5S/c1-16(29)20-15-27-22(14-23(20)30)19-13-24(33-6)17(8-11-26(4,5)34(7,31)32)12-18(19)21-9-10-25(2,3)28(21)27/h12-15,21H,9-10H2,1-7H3/t21-/m1/s1. The van der Waals surface area contributed by atoms with Crippen LogP contribution in [0.25, 0.3) is 11.3 Å². The predicted molar refractivity (Wildman–Crippen MR) is 133 cm³/mol. The number of ketones is 1. The lowest BCUT2D eigenvalue weighted by atomic mass is 9.91. The summed E-state index contributed by atoms with van der Waals surface area (Å²) in [6.45, 7) is 8.85. The molecule has 2 aliphatic rings. The van der Waals surface area contributed by atoms with Gasteiger partial charge in [-0.1, -0.05) is 11.8 Å². The molecule has 0 radical (unpaired) electrons. The molecule has 2 aromatic rings. The number of aromatic nitrogens is 1. The summed E-state index contributed by atoms with van der Waals surface area (Å²) in [6.07, 6.45) is 4.63. The predicted octanol–water partition coefficient (Wildman–Crippen LogP) is 3.47. The highest BCUT2D eigenvalue weighted by Gasteiger charge is 2.45. The number of rotatable bonds is 3. The van der Waals surface area contributed by atoms with Crippen LogP contribution in [0.3, 0.4) is 0 Å². The summed E-state index contributed by atoms with van der Waals surface area (Å²) < 4.78 is 30.6. The van der Waals surface area contributed by atoms with Crippen LogP contribution in [0.1, 0.15) is 75.0 Å². The largest absolute Gasteiger partial charge is 0.495 e. The lowest BCUT2D eigenvalue weighted by Gasteiger charge is -2.44. The third-order valence-electron chi connectivity index (χ3n) is 7.02. The molecule has 1 atom stereocenters. The van der Waals surface area contributed by atoms with Crippen molar-refractivity contribution in [1.82, 2.24) is 4.68 Å². The first-order chi connectivity index (χ1) is 15.7. The van der Waals surface area contributed by atoms with E-state index in [1.165, 1.54) is 26.4 Å². The maximum atomic E-state index is 12.8. The second-order valence-electron chi connectivity index (χ2n) is 10.2. The third kappa shape index (κ3) is 3.72. The molecule has 1 aromatic heterocycles. The fraction of sp³-hybridized carbons (Fsp3) is 0.462. The molecule has 180 valence electrons. The van der Waals surface area contributed by atoms with E-state index in [1.807, 2.05) is 16.8 Å². The van der Waals surface area contributed by atoms with Gasteiger partial charge >= 0.3 is 0 Å². The lowest BCUT2D eigenvalue weighted by molar-refractivity contribution is 0.101. The van der Waals surface area contributed by atoms with Gasteiger partial charge in [-0.2, -0.15) is 0 Å². The van der Waals surface area contributed by atoms with Crippen LogP contribution in [0.4, 0.5) is 0 Å². The van der Waals surface area contributed by atoms with Crippen molar-refractivity contribution in [3.8, 4) is 28.8 Å². The van der Waals surface area contributed by atoms with Crippen LogP contribution in [-0.4, -0.2) is 42.5 Å². The summed E-state index contributed by atoms with van der Waals surface area (Å²) in [5, 5.41) is 2.22. The van der Waals surface area contributed by atoms with Gasteiger partial charge in [0.25, 0.3) is 0 Å². The van der Waals surface area contributed by atoms with Gasteiger partial charge in [-0.25, -0.2) is 8.42 Å². The van der Waals surface area contributed by atoms with Gasteiger partial charge in [0.15, 0.2) is 21.0 Å². The molecular weight excluding hydrogens is 452 g/mol. The number of carbonyl (C=O) groups excluding carboxylic acids is 1. The highest BCUT2D eigenvalue weighted by Crippen LogP contribution is 2.49. The van der Waals surface area contributed by atoms with Gasteiger partial charge in [-0.05, 0) is 65.2 Å². The Hall–Kier alpha value is -3.05. The Morgan fingerprint density at radius 3 is 2.50 bits per heavy atom. The summed E-state index contributed by atoms with van der Waals surface area (Å²) in [5.41, 5.74) is 2.76. The summed E-state index contributed by atoms with van der Waals surface area (Å²) in [7, 11) is -1.85. The molecule has 1 aromatic carbocycles. The molecule has 0 aliphatic carbocycles. The molecular formula is C26H30N2O5S. The smallest absolute Gasteiger partial charge is 0.193 e. The van der Waals surface area contributed by atoms with Gasteiger partial charge in [0.05, 0.1) is 35.5 Å². The Labute approximate surface area is 200 Å². The van der Waals surface area contributed by atoms with Crippen LogP contribution in [0.2, 0.25) is 0 Å².